The lowest BCUT2D eigenvalue weighted by atomic mass is 10.1. The number of carboxylic acid groups (broad SMARTS) is 1. The molecule has 1 N–H and O–H groups in total. The van der Waals surface area contributed by atoms with Crippen molar-refractivity contribution in [3.8, 4) is 0 Å². The van der Waals surface area contributed by atoms with Crippen LogP contribution in [0.1, 0.15) is 17.2 Å². The Morgan fingerprint density at radius 1 is 1.20 bits per heavy atom. The predicted molar refractivity (Wildman–Crippen MR) is 103 cm³/mol. The van der Waals surface area contributed by atoms with E-state index >= 15 is 0 Å². The number of carbonyl (C=O) groups is 2. The first-order valence-corrected chi connectivity index (χ1v) is 8.88. The van der Waals surface area contributed by atoms with E-state index in [1.807, 2.05) is 6.07 Å². The first kappa shape index (κ1) is 17.7. The third kappa shape index (κ3) is 3.76. The van der Waals surface area contributed by atoms with Gasteiger partial charge in [-0.2, -0.15) is 0 Å². The van der Waals surface area contributed by atoms with Crippen LogP contribution in [0.2, 0.25) is 5.02 Å². The van der Waals surface area contributed by atoms with Crippen LogP contribution in [0, 0.1) is 0 Å². The molecule has 4 nitrogen and oxygen atoms in total. The summed E-state index contributed by atoms with van der Waals surface area (Å²) in [6, 6.07) is 14.5. The Balaban J connectivity index is 1.96. The van der Waals surface area contributed by atoms with Crippen molar-refractivity contribution in [1.29, 1.82) is 0 Å². The van der Waals surface area contributed by atoms with Gasteiger partial charge in [-0.1, -0.05) is 78.0 Å². The monoisotopic (exact) mass is 389 g/mol. The largest absolute Gasteiger partial charge is 0.479 e. The second-order valence-electron chi connectivity index (χ2n) is 5.26. The number of nitrogens with zero attached hydrogens (tertiary/aromatic N) is 1. The molecule has 1 unspecified atom stereocenters. The zero-order valence-corrected chi connectivity index (χ0v) is 15.1. The van der Waals surface area contributed by atoms with Gasteiger partial charge in [-0.25, -0.2) is 4.79 Å². The number of benzene rings is 2. The normalized spacial score (nSPS) is 17.2. The van der Waals surface area contributed by atoms with Gasteiger partial charge in [0, 0.05) is 5.02 Å². The molecule has 1 amide bonds. The van der Waals surface area contributed by atoms with E-state index in [-0.39, 0.29) is 4.32 Å². The first-order chi connectivity index (χ1) is 12.0. The summed E-state index contributed by atoms with van der Waals surface area (Å²) in [6.07, 6.45) is 1.66. The molecule has 0 bridgehead atoms. The standard InChI is InChI=1S/C18H12ClNO3S2/c19-13-8-4-5-11(9-13)10-14-16(21)20(18(24)25-14)15(17(22)23)12-6-2-1-3-7-12/h1-10,15H,(H,22,23)/b14-10-. The summed E-state index contributed by atoms with van der Waals surface area (Å²) < 4.78 is 0.217. The van der Waals surface area contributed by atoms with Crippen molar-refractivity contribution in [3.63, 3.8) is 0 Å². The van der Waals surface area contributed by atoms with Crippen LogP contribution in [-0.2, 0) is 9.59 Å². The van der Waals surface area contributed by atoms with Gasteiger partial charge < -0.3 is 5.11 Å². The Morgan fingerprint density at radius 3 is 2.56 bits per heavy atom. The number of hydrogen-bond donors (Lipinski definition) is 1. The molecule has 25 heavy (non-hydrogen) atoms. The lowest BCUT2D eigenvalue weighted by molar-refractivity contribution is -0.145. The fourth-order valence-electron chi connectivity index (χ4n) is 2.49. The lowest BCUT2D eigenvalue weighted by Crippen LogP contribution is -2.37. The Morgan fingerprint density at radius 2 is 1.92 bits per heavy atom. The van der Waals surface area contributed by atoms with Crippen LogP contribution in [0.15, 0.2) is 59.5 Å². The van der Waals surface area contributed by atoms with Crippen LogP contribution in [0.3, 0.4) is 0 Å². The average Bonchev–Trinajstić information content (AvgIpc) is 2.84. The van der Waals surface area contributed by atoms with Crippen LogP contribution in [0.5, 0.6) is 0 Å². The third-order valence-electron chi connectivity index (χ3n) is 3.58. The molecule has 0 aliphatic carbocycles. The van der Waals surface area contributed by atoms with Gasteiger partial charge in [-0.05, 0) is 29.3 Å². The average molecular weight is 390 g/mol. The topological polar surface area (TPSA) is 57.6 Å². The molecule has 1 fully saturated rings. The molecular weight excluding hydrogens is 378 g/mol. The maximum atomic E-state index is 12.8. The minimum absolute atomic E-state index is 0.217. The predicted octanol–water partition coefficient (Wildman–Crippen LogP) is 4.37. The molecule has 1 saturated heterocycles. The molecule has 0 saturated carbocycles. The van der Waals surface area contributed by atoms with E-state index < -0.39 is 17.9 Å². The third-order valence-corrected chi connectivity index (χ3v) is 5.14. The zero-order valence-electron chi connectivity index (χ0n) is 12.8. The van der Waals surface area contributed by atoms with Gasteiger partial charge in [-0.3, -0.25) is 9.69 Å². The van der Waals surface area contributed by atoms with E-state index in [0.29, 0.717) is 15.5 Å². The zero-order chi connectivity index (χ0) is 18.0. The van der Waals surface area contributed by atoms with Crippen molar-refractivity contribution in [3.05, 3.63) is 75.7 Å². The van der Waals surface area contributed by atoms with Gasteiger partial charge in [0.1, 0.15) is 4.32 Å². The summed E-state index contributed by atoms with van der Waals surface area (Å²) in [7, 11) is 0. The Kier molecular flexibility index (Phi) is 5.22. The molecule has 3 rings (SSSR count). The summed E-state index contributed by atoms with van der Waals surface area (Å²) >= 11 is 12.3. The van der Waals surface area contributed by atoms with E-state index in [1.165, 1.54) is 0 Å². The lowest BCUT2D eigenvalue weighted by Gasteiger charge is -2.23. The van der Waals surface area contributed by atoms with Gasteiger partial charge >= 0.3 is 5.97 Å². The highest BCUT2D eigenvalue weighted by Crippen LogP contribution is 2.38. The number of amides is 1. The highest BCUT2D eigenvalue weighted by Gasteiger charge is 2.41. The summed E-state index contributed by atoms with van der Waals surface area (Å²) in [5.41, 5.74) is 1.25. The quantitative estimate of drug-likeness (QED) is 0.621. The smallest absolute Gasteiger partial charge is 0.331 e. The molecule has 1 aliphatic heterocycles. The van der Waals surface area contributed by atoms with Crippen molar-refractivity contribution < 1.29 is 14.7 Å². The fraction of sp³-hybridized carbons (Fsp3) is 0.0556. The second kappa shape index (κ2) is 7.39. The van der Waals surface area contributed by atoms with Crippen LogP contribution in [0.25, 0.3) is 6.08 Å². The summed E-state index contributed by atoms with van der Waals surface area (Å²) in [4.78, 5) is 26.1. The number of halogens is 1. The number of rotatable bonds is 4. The van der Waals surface area contributed by atoms with Crippen LogP contribution in [0.4, 0.5) is 0 Å². The molecule has 0 aromatic heterocycles. The van der Waals surface area contributed by atoms with Crippen LogP contribution < -0.4 is 0 Å². The number of aliphatic carboxylic acids is 1. The molecule has 7 heteroatoms. The second-order valence-corrected chi connectivity index (χ2v) is 7.37. The highest BCUT2D eigenvalue weighted by atomic mass is 35.5. The Bertz CT molecular complexity index is 883. The number of thiocarbonyl (C=S) groups is 1. The summed E-state index contributed by atoms with van der Waals surface area (Å²) in [5, 5.41) is 10.2. The number of carboxylic acids is 1. The van der Waals surface area contributed by atoms with Crippen molar-refractivity contribution in [2.75, 3.05) is 0 Å². The minimum atomic E-state index is -1.15. The van der Waals surface area contributed by atoms with Gasteiger partial charge in [0.25, 0.3) is 5.91 Å². The number of thioether (sulfide) groups is 1. The van der Waals surface area contributed by atoms with Gasteiger partial charge in [0.15, 0.2) is 6.04 Å². The Hall–Kier alpha value is -2.15. The molecule has 2 aromatic carbocycles. The fourth-order valence-corrected chi connectivity index (χ4v) is 4.00. The van der Waals surface area contributed by atoms with E-state index in [0.717, 1.165) is 22.2 Å². The first-order valence-electron chi connectivity index (χ1n) is 7.28. The van der Waals surface area contributed by atoms with Crippen molar-refractivity contribution in [2.45, 2.75) is 6.04 Å². The van der Waals surface area contributed by atoms with E-state index in [2.05, 4.69) is 0 Å². The van der Waals surface area contributed by atoms with Crippen molar-refractivity contribution >= 4 is 57.9 Å². The summed E-state index contributed by atoms with van der Waals surface area (Å²) in [5.74, 6) is -1.56. The molecule has 2 aromatic rings. The van der Waals surface area contributed by atoms with Gasteiger partial charge in [0.2, 0.25) is 0 Å². The molecule has 1 atom stereocenters. The molecule has 0 radical (unpaired) electrons. The molecule has 0 spiro atoms. The molecule has 126 valence electrons. The van der Waals surface area contributed by atoms with Crippen molar-refractivity contribution in [2.24, 2.45) is 0 Å². The molecule has 1 heterocycles. The van der Waals surface area contributed by atoms with E-state index in [9.17, 15) is 14.7 Å². The minimum Gasteiger partial charge on any atom is -0.479 e. The van der Waals surface area contributed by atoms with E-state index in [4.69, 9.17) is 23.8 Å². The maximum absolute atomic E-state index is 12.8. The van der Waals surface area contributed by atoms with Gasteiger partial charge in [0.05, 0.1) is 4.91 Å². The van der Waals surface area contributed by atoms with Crippen LogP contribution >= 0.6 is 35.6 Å². The SMILES string of the molecule is O=C(O)C(c1ccccc1)N1C(=O)/C(=C/c2cccc(Cl)c2)SC1=S. The Labute approximate surface area is 159 Å². The maximum Gasteiger partial charge on any atom is 0.331 e. The highest BCUT2D eigenvalue weighted by molar-refractivity contribution is 8.26. The van der Waals surface area contributed by atoms with Crippen LogP contribution in [-0.4, -0.2) is 26.2 Å². The molecule has 1 aliphatic rings. The van der Waals surface area contributed by atoms with Gasteiger partial charge in [-0.15, -0.1) is 0 Å². The summed E-state index contributed by atoms with van der Waals surface area (Å²) in [6.45, 7) is 0. The number of hydrogen-bond acceptors (Lipinski definition) is 4. The van der Waals surface area contributed by atoms with Crippen molar-refractivity contribution in [1.82, 2.24) is 4.90 Å². The molecular formula is C18H12ClNO3S2. The van der Waals surface area contributed by atoms with E-state index in [1.54, 1.807) is 54.6 Å². The number of carbonyl (C=O) groups excluding carboxylic acids is 1.